The maximum atomic E-state index is 13.5. The van der Waals surface area contributed by atoms with Crippen LogP contribution in [-0.2, 0) is 4.79 Å². The topological polar surface area (TPSA) is 55.1 Å². The van der Waals surface area contributed by atoms with Crippen LogP contribution in [0.5, 0.6) is 0 Å². The third kappa shape index (κ3) is 2.31. The van der Waals surface area contributed by atoms with Crippen LogP contribution in [0.1, 0.15) is 52.4 Å². The lowest BCUT2D eigenvalue weighted by Crippen LogP contribution is -2.51. The van der Waals surface area contributed by atoms with E-state index in [0.717, 1.165) is 55.3 Å². The van der Waals surface area contributed by atoms with E-state index in [1.54, 1.807) is 0 Å². The molecule has 0 spiro atoms. The molecule has 3 unspecified atom stereocenters. The molecule has 2 aromatic rings. The van der Waals surface area contributed by atoms with Crippen LogP contribution in [0, 0.1) is 28.6 Å². The minimum atomic E-state index is -0.189. The average Bonchev–Trinajstić information content (AvgIpc) is 3.26. The quantitative estimate of drug-likeness (QED) is 0.684. The highest BCUT2D eigenvalue weighted by molar-refractivity contribution is 6.04. The number of fused-ring (bicyclic) bond motifs is 6. The van der Waals surface area contributed by atoms with Gasteiger partial charge in [0.1, 0.15) is 6.33 Å². The molecule has 0 aliphatic heterocycles. The van der Waals surface area contributed by atoms with Gasteiger partial charge < -0.3 is 9.67 Å². The Morgan fingerprint density at radius 2 is 1.93 bits per heavy atom. The number of allylic oxidation sites excluding steroid dienone is 3. The first-order chi connectivity index (χ1) is 14.4. The molecule has 0 saturated heterocycles. The van der Waals surface area contributed by atoms with Gasteiger partial charge in [-0.3, -0.25) is 4.79 Å². The second-order valence-corrected chi connectivity index (χ2v) is 10.5. The van der Waals surface area contributed by atoms with Gasteiger partial charge in [0.15, 0.2) is 5.78 Å². The van der Waals surface area contributed by atoms with Crippen molar-refractivity contribution in [1.29, 1.82) is 0 Å². The highest BCUT2D eigenvalue weighted by Gasteiger charge is 2.59. The lowest BCUT2D eigenvalue weighted by molar-refractivity contribution is -0.127. The Balaban J connectivity index is 1.41. The molecule has 1 aromatic heterocycles. The fourth-order valence-corrected chi connectivity index (χ4v) is 7.55. The summed E-state index contributed by atoms with van der Waals surface area (Å²) in [5.74, 6) is 1.29. The zero-order valence-corrected chi connectivity index (χ0v) is 17.8. The number of hydrogen-bond acceptors (Lipinski definition) is 3. The number of carbonyl (C=O) groups is 1. The third-order valence-electron chi connectivity index (χ3n) is 9.13. The van der Waals surface area contributed by atoms with E-state index in [1.807, 2.05) is 30.6 Å². The Bertz CT molecular complexity index is 1110. The fourth-order valence-electron chi connectivity index (χ4n) is 7.55. The van der Waals surface area contributed by atoms with Crippen molar-refractivity contribution in [3.8, 4) is 0 Å². The lowest BCUT2D eigenvalue weighted by Gasteiger charge is -2.57. The summed E-state index contributed by atoms with van der Waals surface area (Å²) in [5.41, 5.74) is 4.64. The maximum Gasteiger partial charge on any atom is 0.161 e. The zero-order valence-electron chi connectivity index (χ0n) is 17.8. The summed E-state index contributed by atoms with van der Waals surface area (Å²) in [5, 5.41) is 10.2. The van der Waals surface area contributed by atoms with Crippen molar-refractivity contribution in [2.45, 2.75) is 58.5 Å². The van der Waals surface area contributed by atoms with Gasteiger partial charge in [0.2, 0.25) is 0 Å². The molecular weight excluding hydrogens is 372 g/mol. The molecule has 0 bridgehead atoms. The molecule has 1 aromatic carbocycles. The van der Waals surface area contributed by atoms with Crippen molar-refractivity contribution in [1.82, 2.24) is 9.55 Å². The van der Waals surface area contributed by atoms with Crippen LogP contribution < -0.4 is 0 Å². The Hall–Kier alpha value is -2.20. The minimum absolute atomic E-state index is 0.0499. The standard InChI is InChI=1S/C26H30N2O2/c1-25-11-9-17(29)13-16(25)7-8-18-19(25)10-12-26(2)23(14-22(30)24(18)26)28-15-27-20-5-3-4-6-21(20)28/h3-7,14-15,17-19,24,29H,8-13H2,1-2H3/t17-,18?,19?,24?,25-,26+/m0/s1. The molecule has 0 amide bonds. The smallest absolute Gasteiger partial charge is 0.161 e. The first kappa shape index (κ1) is 18.6. The van der Waals surface area contributed by atoms with Crippen molar-refractivity contribution < 1.29 is 9.90 Å². The van der Waals surface area contributed by atoms with Gasteiger partial charge in [-0.2, -0.15) is 0 Å². The average molecular weight is 403 g/mol. The number of aliphatic hydroxyl groups excluding tert-OH is 1. The molecule has 6 rings (SSSR count). The maximum absolute atomic E-state index is 13.5. The van der Waals surface area contributed by atoms with E-state index >= 15 is 0 Å². The van der Waals surface area contributed by atoms with Gasteiger partial charge in [-0.05, 0) is 67.9 Å². The molecule has 4 aliphatic carbocycles. The Morgan fingerprint density at radius 3 is 2.80 bits per heavy atom. The normalized spacial score (nSPS) is 40.4. The summed E-state index contributed by atoms with van der Waals surface area (Å²) in [7, 11) is 0. The summed E-state index contributed by atoms with van der Waals surface area (Å²) < 4.78 is 2.16. The van der Waals surface area contributed by atoms with Gasteiger partial charge in [-0.15, -0.1) is 0 Å². The monoisotopic (exact) mass is 402 g/mol. The largest absolute Gasteiger partial charge is 0.393 e. The second-order valence-electron chi connectivity index (χ2n) is 10.5. The fraction of sp³-hybridized carbons (Fsp3) is 0.538. The van der Waals surface area contributed by atoms with Crippen molar-refractivity contribution in [3.63, 3.8) is 0 Å². The first-order valence-electron chi connectivity index (χ1n) is 11.5. The Labute approximate surface area is 177 Å². The predicted octanol–water partition coefficient (Wildman–Crippen LogP) is 4.99. The second kappa shape index (κ2) is 6.16. The number of aromatic nitrogens is 2. The number of aliphatic hydroxyl groups is 1. The Morgan fingerprint density at radius 1 is 1.13 bits per heavy atom. The molecule has 4 heteroatoms. The summed E-state index contributed by atoms with van der Waals surface area (Å²) in [6, 6.07) is 8.18. The molecule has 1 heterocycles. The third-order valence-corrected chi connectivity index (χ3v) is 9.13. The number of nitrogens with zero attached hydrogens (tertiary/aromatic N) is 2. The number of rotatable bonds is 1. The molecule has 4 nitrogen and oxygen atoms in total. The van der Waals surface area contributed by atoms with Gasteiger partial charge >= 0.3 is 0 Å². The summed E-state index contributed by atoms with van der Waals surface area (Å²) in [6.45, 7) is 4.72. The van der Waals surface area contributed by atoms with E-state index in [4.69, 9.17) is 0 Å². The number of hydrogen-bond donors (Lipinski definition) is 1. The molecule has 156 valence electrons. The van der Waals surface area contributed by atoms with Crippen molar-refractivity contribution in [2.24, 2.45) is 28.6 Å². The first-order valence-corrected chi connectivity index (χ1v) is 11.5. The molecule has 4 aliphatic rings. The van der Waals surface area contributed by atoms with Crippen LogP contribution >= 0.6 is 0 Å². The van der Waals surface area contributed by atoms with E-state index in [9.17, 15) is 9.90 Å². The molecule has 2 saturated carbocycles. The summed E-state index contributed by atoms with van der Waals surface area (Å²) in [4.78, 5) is 18.0. The van der Waals surface area contributed by atoms with E-state index in [-0.39, 0.29) is 22.9 Å². The summed E-state index contributed by atoms with van der Waals surface area (Å²) in [6.07, 6.45) is 11.9. The highest BCUT2D eigenvalue weighted by Crippen LogP contribution is 2.65. The van der Waals surface area contributed by atoms with Crippen molar-refractivity contribution >= 4 is 22.5 Å². The number of ketones is 1. The van der Waals surface area contributed by atoms with E-state index in [1.165, 1.54) is 5.57 Å². The zero-order chi connectivity index (χ0) is 20.7. The Kier molecular flexibility index (Phi) is 3.81. The van der Waals surface area contributed by atoms with E-state index in [2.05, 4.69) is 35.5 Å². The molecule has 6 atom stereocenters. The lowest BCUT2D eigenvalue weighted by atomic mass is 9.47. The van der Waals surface area contributed by atoms with Crippen LogP contribution in [0.4, 0.5) is 0 Å². The number of benzene rings is 1. The van der Waals surface area contributed by atoms with E-state index in [0.29, 0.717) is 17.6 Å². The molecule has 30 heavy (non-hydrogen) atoms. The van der Waals surface area contributed by atoms with Crippen LogP contribution in [0.15, 0.2) is 48.3 Å². The molecule has 0 radical (unpaired) electrons. The van der Waals surface area contributed by atoms with Gasteiger partial charge in [0, 0.05) is 23.1 Å². The highest BCUT2D eigenvalue weighted by atomic mass is 16.3. The number of para-hydroxylation sites is 2. The minimum Gasteiger partial charge on any atom is -0.393 e. The van der Waals surface area contributed by atoms with Gasteiger partial charge in [-0.1, -0.05) is 37.6 Å². The van der Waals surface area contributed by atoms with Crippen molar-refractivity contribution in [2.75, 3.05) is 0 Å². The van der Waals surface area contributed by atoms with Crippen LogP contribution in [0.3, 0.4) is 0 Å². The predicted molar refractivity (Wildman–Crippen MR) is 117 cm³/mol. The molecule has 1 N–H and O–H groups in total. The van der Waals surface area contributed by atoms with E-state index < -0.39 is 0 Å². The van der Waals surface area contributed by atoms with Crippen molar-refractivity contribution in [3.05, 3.63) is 48.3 Å². The summed E-state index contributed by atoms with van der Waals surface area (Å²) >= 11 is 0. The van der Waals surface area contributed by atoms with Crippen LogP contribution in [0.25, 0.3) is 16.7 Å². The molecular formula is C26H30N2O2. The van der Waals surface area contributed by atoms with Crippen LogP contribution in [-0.4, -0.2) is 26.5 Å². The number of imidazole rings is 1. The van der Waals surface area contributed by atoms with Gasteiger partial charge in [-0.25, -0.2) is 4.98 Å². The van der Waals surface area contributed by atoms with Crippen LogP contribution in [0.2, 0.25) is 0 Å². The van der Waals surface area contributed by atoms with Gasteiger partial charge in [0.05, 0.1) is 17.1 Å². The van der Waals surface area contributed by atoms with Gasteiger partial charge in [0.25, 0.3) is 0 Å². The SMILES string of the molecule is C[C@]12CC[C@H](O)CC1=CCC1C2CC[C@]2(C)C(n3cnc4ccccc43)=CC(=O)C12. The number of carbonyl (C=O) groups excluding carboxylic acids is 1. The molecule has 2 fully saturated rings.